The highest BCUT2D eigenvalue weighted by molar-refractivity contribution is 5.76. The minimum Gasteiger partial charge on any atom is -0.365 e. The van der Waals surface area contributed by atoms with E-state index in [9.17, 15) is 18.9 Å². The lowest BCUT2D eigenvalue weighted by Gasteiger charge is -2.08. The maximum atomic E-state index is 13.8. The first kappa shape index (κ1) is 13.8. The lowest BCUT2D eigenvalue weighted by molar-refractivity contribution is -0.383. The number of halogens is 2. The number of anilines is 1. The highest BCUT2D eigenvalue weighted by atomic mass is 19.2. The lowest BCUT2D eigenvalue weighted by Crippen LogP contribution is -2.06. The Morgan fingerprint density at radius 1 is 1.35 bits per heavy atom. The van der Waals surface area contributed by atoms with Crippen LogP contribution in [0.2, 0.25) is 0 Å². The maximum Gasteiger partial charge on any atom is 0.337 e. The van der Waals surface area contributed by atoms with Crippen LogP contribution in [0, 0.1) is 21.7 Å². The zero-order valence-corrected chi connectivity index (χ0v) is 10.4. The second kappa shape index (κ2) is 5.55. The molecular formula is C12H10F2N4O2. The summed E-state index contributed by atoms with van der Waals surface area (Å²) in [7, 11) is 0. The Morgan fingerprint density at radius 3 is 2.75 bits per heavy atom. The highest BCUT2D eigenvalue weighted by Crippen LogP contribution is 2.34. The summed E-state index contributed by atoms with van der Waals surface area (Å²) < 4.78 is 27.0. The van der Waals surface area contributed by atoms with Gasteiger partial charge in [0.2, 0.25) is 5.82 Å². The predicted octanol–water partition coefficient (Wildman–Crippen LogP) is 2.76. The SMILES string of the molecule is CCNc1ncnc(-c2cccc(F)c2F)c1[N+](=O)[O-]. The van der Waals surface area contributed by atoms with Crippen molar-refractivity contribution in [2.75, 3.05) is 11.9 Å². The average molecular weight is 280 g/mol. The highest BCUT2D eigenvalue weighted by Gasteiger charge is 2.26. The van der Waals surface area contributed by atoms with E-state index in [4.69, 9.17) is 0 Å². The third-order valence-corrected chi connectivity index (χ3v) is 2.56. The molecule has 2 aromatic rings. The second-order valence-corrected chi connectivity index (χ2v) is 3.81. The number of rotatable bonds is 4. The summed E-state index contributed by atoms with van der Waals surface area (Å²) in [5, 5.41) is 13.8. The van der Waals surface area contributed by atoms with E-state index in [2.05, 4.69) is 15.3 Å². The Kier molecular flexibility index (Phi) is 3.83. The summed E-state index contributed by atoms with van der Waals surface area (Å²) in [5.74, 6) is -2.32. The van der Waals surface area contributed by atoms with Crippen molar-refractivity contribution >= 4 is 11.5 Å². The fraction of sp³-hybridized carbons (Fsp3) is 0.167. The van der Waals surface area contributed by atoms with Gasteiger partial charge in [-0.1, -0.05) is 6.07 Å². The summed E-state index contributed by atoms with van der Waals surface area (Å²) in [5.41, 5.74) is -1.03. The largest absolute Gasteiger partial charge is 0.365 e. The number of benzene rings is 1. The molecule has 1 aromatic heterocycles. The predicted molar refractivity (Wildman–Crippen MR) is 68.2 cm³/mol. The molecule has 0 amide bonds. The van der Waals surface area contributed by atoms with Gasteiger partial charge in [-0.15, -0.1) is 0 Å². The van der Waals surface area contributed by atoms with Gasteiger partial charge in [0.15, 0.2) is 17.3 Å². The molecule has 0 bridgehead atoms. The Labute approximate surface area is 112 Å². The van der Waals surface area contributed by atoms with Crippen molar-refractivity contribution in [1.29, 1.82) is 0 Å². The van der Waals surface area contributed by atoms with Gasteiger partial charge >= 0.3 is 5.69 Å². The van der Waals surface area contributed by atoms with Crippen molar-refractivity contribution in [2.24, 2.45) is 0 Å². The van der Waals surface area contributed by atoms with Gasteiger partial charge < -0.3 is 5.32 Å². The van der Waals surface area contributed by atoms with Crippen LogP contribution in [-0.2, 0) is 0 Å². The average Bonchev–Trinajstić information content (AvgIpc) is 2.42. The molecule has 6 nitrogen and oxygen atoms in total. The minimum atomic E-state index is -1.18. The maximum absolute atomic E-state index is 13.8. The third-order valence-electron chi connectivity index (χ3n) is 2.56. The fourth-order valence-corrected chi connectivity index (χ4v) is 1.73. The van der Waals surface area contributed by atoms with Crippen LogP contribution >= 0.6 is 0 Å². The molecule has 0 aliphatic rings. The molecule has 0 unspecified atom stereocenters. The van der Waals surface area contributed by atoms with Crippen molar-refractivity contribution in [3.8, 4) is 11.3 Å². The number of hydrogen-bond donors (Lipinski definition) is 1. The zero-order valence-electron chi connectivity index (χ0n) is 10.4. The second-order valence-electron chi connectivity index (χ2n) is 3.81. The molecule has 1 heterocycles. The summed E-state index contributed by atoms with van der Waals surface area (Å²) in [4.78, 5) is 17.9. The summed E-state index contributed by atoms with van der Waals surface area (Å²) in [6.45, 7) is 2.12. The summed E-state index contributed by atoms with van der Waals surface area (Å²) in [6.07, 6.45) is 1.06. The van der Waals surface area contributed by atoms with Crippen LogP contribution in [0.5, 0.6) is 0 Å². The van der Waals surface area contributed by atoms with Crippen LogP contribution in [0.25, 0.3) is 11.3 Å². The molecule has 0 aliphatic heterocycles. The van der Waals surface area contributed by atoms with Crippen molar-refractivity contribution in [3.05, 3.63) is 46.3 Å². The van der Waals surface area contributed by atoms with Gasteiger partial charge in [-0.05, 0) is 19.1 Å². The van der Waals surface area contributed by atoms with Crippen LogP contribution < -0.4 is 5.32 Å². The number of nitrogens with one attached hydrogen (secondary N) is 1. The minimum absolute atomic E-state index is 0.0360. The molecule has 0 radical (unpaired) electrons. The monoisotopic (exact) mass is 280 g/mol. The normalized spacial score (nSPS) is 10.3. The number of hydrogen-bond acceptors (Lipinski definition) is 5. The van der Waals surface area contributed by atoms with E-state index in [-0.39, 0.29) is 17.1 Å². The molecule has 0 saturated heterocycles. The molecule has 20 heavy (non-hydrogen) atoms. The molecule has 2 rings (SSSR count). The molecule has 8 heteroatoms. The Hall–Kier alpha value is -2.64. The van der Waals surface area contributed by atoms with Gasteiger partial charge in [0, 0.05) is 12.1 Å². The fourth-order valence-electron chi connectivity index (χ4n) is 1.73. The van der Waals surface area contributed by atoms with Crippen LogP contribution in [0.15, 0.2) is 24.5 Å². The lowest BCUT2D eigenvalue weighted by atomic mass is 10.1. The van der Waals surface area contributed by atoms with Crippen molar-refractivity contribution < 1.29 is 13.7 Å². The van der Waals surface area contributed by atoms with Gasteiger partial charge in [-0.2, -0.15) is 0 Å². The third kappa shape index (κ3) is 2.40. The van der Waals surface area contributed by atoms with E-state index in [1.54, 1.807) is 6.92 Å². The standard InChI is InChI=1S/C12H10F2N4O2/c1-2-15-12-11(18(19)20)10(16-6-17-12)7-4-3-5-8(13)9(7)14/h3-6H,2H2,1H3,(H,15,16,17). The number of aromatic nitrogens is 2. The van der Waals surface area contributed by atoms with Crippen LogP contribution in [0.4, 0.5) is 20.3 Å². The topological polar surface area (TPSA) is 81.0 Å². The Balaban J connectivity index is 2.70. The van der Waals surface area contributed by atoms with Crippen molar-refractivity contribution in [3.63, 3.8) is 0 Å². The molecule has 104 valence electrons. The molecule has 0 spiro atoms. The van der Waals surface area contributed by atoms with E-state index in [1.165, 1.54) is 12.1 Å². The van der Waals surface area contributed by atoms with Gasteiger partial charge in [0.25, 0.3) is 0 Å². The summed E-state index contributed by atoms with van der Waals surface area (Å²) >= 11 is 0. The van der Waals surface area contributed by atoms with Crippen LogP contribution in [0.3, 0.4) is 0 Å². The van der Waals surface area contributed by atoms with E-state index < -0.39 is 22.2 Å². The van der Waals surface area contributed by atoms with Crippen LogP contribution in [-0.4, -0.2) is 21.4 Å². The molecule has 0 aliphatic carbocycles. The molecule has 1 aromatic carbocycles. The van der Waals surface area contributed by atoms with Crippen molar-refractivity contribution in [1.82, 2.24) is 9.97 Å². The quantitative estimate of drug-likeness (QED) is 0.688. The van der Waals surface area contributed by atoms with Crippen molar-refractivity contribution in [2.45, 2.75) is 6.92 Å². The zero-order chi connectivity index (χ0) is 14.7. The van der Waals surface area contributed by atoms with Gasteiger partial charge in [0.1, 0.15) is 6.33 Å². The van der Waals surface area contributed by atoms with E-state index in [0.717, 1.165) is 12.4 Å². The van der Waals surface area contributed by atoms with Crippen LogP contribution in [0.1, 0.15) is 6.92 Å². The first-order valence-corrected chi connectivity index (χ1v) is 5.74. The number of nitrogens with zero attached hydrogens (tertiary/aromatic N) is 3. The smallest absolute Gasteiger partial charge is 0.337 e. The molecule has 0 saturated carbocycles. The first-order valence-electron chi connectivity index (χ1n) is 5.74. The van der Waals surface area contributed by atoms with Gasteiger partial charge in [-0.25, -0.2) is 18.7 Å². The summed E-state index contributed by atoms with van der Waals surface area (Å²) in [6, 6.07) is 3.41. The van der Waals surface area contributed by atoms with E-state index in [0.29, 0.717) is 6.54 Å². The molecule has 0 fully saturated rings. The first-order chi connectivity index (χ1) is 9.56. The molecule has 1 N–H and O–H groups in total. The van der Waals surface area contributed by atoms with E-state index in [1.807, 2.05) is 0 Å². The number of nitro groups is 1. The molecular weight excluding hydrogens is 270 g/mol. The van der Waals surface area contributed by atoms with Gasteiger partial charge in [-0.3, -0.25) is 10.1 Å². The van der Waals surface area contributed by atoms with E-state index >= 15 is 0 Å². The molecule has 0 atom stereocenters. The Morgan fingerprint density at radius 2 is 2.10 bits per heavy atom. The van der Waals surface area contributed by atoms with Gasteiger partial charge in [0.05, 0.1) is 4.92 Å². The Bertz CT molecular complexity index is 664.